The second kappa shape index (κ2) is 11.5. The normalized spacial score (nSPS) is 20.7. The van der Waals surface area contributed by atoms with Crippen LogP contribution in [-0.4, -0.2) is 91.5 Å². The number of ether oxygens (including phenoxy) is 1. The number of nitrogens with one attached hydrogen (secondary N) is 2. The minimum absolute atomic E-state index is 0.0640. The Hall–Kier alpha value is -3.48. The minimum Gasteiger partial charge on any atom is -0.477 e. The molecule has 4 atom stereocenters. The molecule has 3 unspecified atom stereocenters. The van der Waals surface area contributed by atoms with Crippen molar-refractivity contribution in [2.24, 2.45) is 5.14 Å². The molecule has 202 valence electrons. The fourth-order valence-electron chi connectivity index (χ4n) is 4.00. The van der Waals surface area contributed by atoms with E-state index in [1.165, 1.54) is 11.8 Å². The van der Waals surface area contributed by atoms with Crippen LogP contribution in [0.1, 0.15) is 18.1 Å². The lowest BCUT2D eigenvalue weighted by Crippen LogP contribution is -2.71. The third-order valence-electron chi connectivity index (χ3n) is 5.66. The molecule has 2 amide bonds. The van der Waals surface area contributed by atoms with Crippen molar-refractivity contribution in [3.8, 4) is 0 Å². The zero-order valence-corrected chi connectivity index (χ0v) is 21.7. The Morgan fingerprint density at radius 2 is 2.11 bits per heavy atom. The fourth-order valence-corrected chi connectivity index (χ4v) is 7.27. The Labute approximate surface area is 224 Å². The number of hydrogen-bond acceptors (Lipinski definition) is 12. The Morgan fingerprint density at radius 3 is 2.71 bits per heavy atom. The number of rotatable bonds is 12. The number of aromatic amines is 1. The van der Waals surface area contributed by atoms with E-state index in [2.05, 4.69) is 25.9 Å². The second-order valence-corrected chi connectivity index (χ2v) is 12.1. The molecule has 5 N–H and O–H groups in total. The van der Waals surface area contributed by atoms with E-state index < -0.39 is 56.3 Å². The van der Waals surface area contributed by atoms with Crippen LogP contribution in [-0.2, 0) is 33.9 Å². The Balaban J connectivity index is 1.57. The summed E-state index contributed by atoms with van der Waals surface area (Å²) in [5.74, 6) is -3.15. The van der Waals surface area contributed by atoms with Crippen LogP contribution in [0.4, 0.5) is 0 Å². The smallest absolute Gasteiger partial charge is 0.352 e. The Kier molecular flexibility index (Phi) is 8.34. The monoisotopic (exact) mass is 583 g/mol. The molecule has 0 bridgehead atoms. The molecule has 1 saturated heterocycles. The molecule has 0 spiro atoms. The van der Waals surface area contributed by atoms with Crippen LogP contribution in [0.5, 0.6) is 0 Å². The molecular formula is C20H21N7O8S3. The SMILES string of the molecule is NS(=O)(=O)CCC(Sc1nnn[nH]1)C1=C(C(=O)O)N2C(=O)C(NC(=O)C(OC=O)c3ccccc3)[C@@H]2SC1. The van der Waals surface area contributed by atoms with Crippen LogP contribution in [0, 0.1) is 0 Å². The van der Waals surface area contributed by atoms with Gasteiger partial charge in [0.05, 0.1) is 5.75 Å². The van der Waals surface area contributed by atoms with Crippen molar-refractivity contribution in [1.29, 1.82) is 0 Å². The number of thioether (sulfide) groups is 2. The number of H-pyrrole nitrogens is 1. The van der Waals surface area contributed by atoms with Crippen LogP contribution in [0.15, 0.2) is 46.8 Å². The molecule has 1 fully saturated rings. The summed E-state index contributed by atoms with van der Waals surface area (Å²) < 4.78 is 28.2. The molecule has 0 saturated carbocycles. The number of carboxylic acids is 1. The highest BCUT2D eigenvalue weighted by Crippen LogP contribution is 2.44. The number of carbonyl (C=O) groups excluding carboxylic acids is 3. The molecule has 1 aromatic heterocycles. The standard InChI is InChI=1S/C20H21N7O8S3/c21-38(33,34)7-6-12(37-20-23-25-26-24-20)11-8-36-18-13(17(30)27(18)14(11)19(31)32)22-16(29)15(35-9-28)10-4-2-1-3-5-10/h1-5,9,12-13,15,18H,6-8H2,(H,22,29)(H,31,32)(H2,21,33,34)(H,23,24,25,26)/t12?,13?,15?,18-/m0/s1. The third-order valence-corrected chi connectivity index (χ3v) is 8.97. The number of hydrogen-bond donors (Lipinski definition) is 4. The summed E-state index contributed by atoms with van der Waals surface area (Å²) in [5.41, 5.74) is 0.364. The summed E-state index contributed by atoms with van der Waals surface area (Å²) >= 11 is 2.20. The predicted octanol–water partition coefficient (Wildman–Crippen LogP) is -1.01. The van der Waals surface area contributed by atoms with Crippen LogP contribution < -0.4 is 10.5 Å². The first-order valence-electron chi connectivity index (χ1n) is 10.9. The van der Waals surface area contributed by atoms with Crippen molar-refractivity contribution >= 4 is 57.8 Å². The number of nitrogens with zero attached hydrogens (tertiary/aromatic N) is 4. The molecule has 2 aliphatic rings. The van der Waals surface area contributed by atoms with Crippen LogP contribution >= 0.6 is 23.5 Å². The maximum Gasteiger partial charge on any atom is 0.352 e. The van der Waals surface area contributed by atoms with E-state index in [0.29, 0.717) is 5.56 Å². The highest BCUT2D eigenvalue weighted by atomic mass is 32.2. The summed E-state index contributed by atoms with van der Waals surface area (Å²) in [4.78, 5) is 50.3. The van der Waals surface area contributed by atoms with E-state index in [1.807, 2.05) is 0 Å². The van der Waals surface area contributed by atoms with Gasteiger partial charge in [-0.2, -0.15) is 0 Å². The number of nitrogens with two attached hydrogens (primary N) is 1. The van der Waals surface area contributed by atoms with Crippen molar-refractivity contribution in [1.82, 2.24) is 30.8 Å². The van der Waals surface area contributed by atoms with Gasteiger partial charge in [-0.15, -0.1) is 16.9 Å². The molecule has 38 heavy (non-hydrogen) atoms. The lowest BCUT2D eigenvalue weighted by atomic mass is 10.00. The van der Waals surface area contributed by atoms with Crippen molar-refractivity contribution in [3.63, 3.8) is 0 Å². The number of amides is 2. The molecule has 15 nitrogen and oxygen atoms in total. The van der Waals surface area contributed by atoms with Crippen molar-refractivity contribution in [2.75, 3.05) is 11.5 Å². The van der Waals surface area contributed by atoms with Crippen molar-refractivity contribution < 1.29 is 37.4 Å². The van der Waals surface area contributed by atoms with Gasteiger partial charge in [-0.1, -0.05) is 42.1 Å². The van der Waals surface area contributed by atoms with Gasteiger partial charge in [0.1, 0.15) is 17.1 Å². The van der Waals surface area contributed by atoms with Gasteiger partial charge in [-0.3, -0.25) is 19.3 Å². The van der Waals surface area contributed by atoms with Crippen LogP contribution in [0.25, 0.3) is 0 Å². The summed E-state index contributed by atoms with van der Waals surface area (Å²) in [6.07, 6.45) is -1.37. The first-order chi connectivity index (χ1) is 18.1. The maximum absolute atomic E-state index is 13.1. The fraction of sp³-hybridized carbons (Fsp3) is 0.350. The van der Waals surface area contributed by atoms with Gasteiger partial charge in [-0.05, 0) is 22.4 Å². The molecule has 1 aromatic carbocycles. The van der Waals surface area contributed by atoms with Gasteiger partial charge in [-0.25, -0.2) is 23.4 Å². The molecular weight excluding hydrogens is 562 g/mol. The van der Waals surface area contributed by atoms with E-state index in [-0.39, 0.29) is 35.1 Å². The van der Waals surface area contributed by atoms with Crippen LogP contribution in [0.2, 0.25) is 0 Å². The number of primary sulfonamides is 1. The average Bonchev–Trinajstić information content (AvgIpc) is 3.40. The minimum atomic E-state index is -3.87. The van der Waals surface area contributed by atoms with Crippen molar-refractivity contribution in [3.05, 3.63) is 47.2 Å². The van der Waals surface area contributed by atoms with Gasteiger partial charge in [0, 0.05) is 16.6 Å². The molecule has 2 aliphatic heterocycles. The van der Waals surface area contributed by atoms with Gasteiger partial charge >= 0.3 is 5.97 Å². The third kappa shape index (κ3) is 5.98. The van der Waals surface area contributed by atoms with E-state index in [9.17, 15) is 32.7 Å². The number of carboxylic acid groups (broad SMARTS) is 1. The topological polar surface area (TPSA) is 228 Å². The first-order valence-corrected chi connectivity index (χ1v) is 14.5. The number of β-lactam (4-membered cyclic amide) rings is 1. The van der Waals surface area contributed by atoms with Crippen molar-refractivity contribution in [2.45, 2.75) is 34.3 Å². The summed E-state index contributed by atoms with van der Waals surface area (Å²) in [5, 5.41) is 29.7. The number of carbonyl (C=O) groups is 4. The average molecular weight is 584 g/mol. The van der Waals surface area contributed by atoms with Gasteiger partial charge in [0.15, 0.2) is 0 Å². The molecule has 18 heteroatoms. The van der Waals surface area contributed by atoms with Gasteiger partial charge in [0.2, 0.25) is 21.3 Å². The number of sulfonamides is 1. The Bertz CT molecular complexity index is 1350. The lowest BCUT2D eigenvalue weighted by molar-refractivity contribution is -0.154. The quantitative estimate of drug-likeness (QED) is 0.134. The second-order valence-electron chi connectivity index (χ2n) is 8.07. The van der Waals surface area contributed by atoms with E-state index in [0.717, 1.165) is 16.7 Å². The Morgan fingerprint density at radius 1 is 1.37 bits per heavy atom. The molecule has 0 radical (unpaired) electrons. The highest BCUT2D eigenvalue weighted by molar-refractivity contribution is 8.01. The summed E-state index contributed by atoms with van der Waals surface area (Å²) in [6, 6.07) is 7.12. The highest BCUT2D eigenvalue weighted by Gasteiger charge is 2.55. The number of aliphatic carboxylic acids is 1. The number of benzene rings is 1. The zero-order valence-electron chi connectivity index (χ0n) is 19.3. The molecule has 4 rings (SSSR count). The first kappa shape index (κ1) is 27.6. The van der Waals surface area contributed by atoms with Gasteiger partial charge in [0.25, 0.3) is 18.3 Å². The zero-order chi connectivity index (χ0) is 27.4. The number of fused-ring (bicyclic) bond motifs is 1. The largest absolute Gasteiger partial charge is 0.477 e. The molecule has 0 aliphatic carbocycles. The van der Waals surface area contributed by atoms with E-state index in [1.54, 1.807) is 30.3 Å². The molecule has 2 aromatic rings. The number of aromatic nitrogens is 4. The maximum atomic E-state index is 13.1. The summed E-state index contributed by atoms with van der Waals surface area (Å²) in [6.45, 7) is 0.127. The predicted molar refractivity (Wildman–Crippen MR) is 132 cm³/mol. The number of tetrazole rings is 1. The summed E-state index contributed by atoms with van der Waals surface area (Å²) in [7, 11) is -3.87. The van der Waals surface area contributed by atoms with Crippen LogP contribution in [0.3, 0.4) is 0 Å². The van der Waals surface area contributed by atoms with E-state index in [4.69, 9.17) is 9.88 Å². The molecule has 3 heterocycles. The van der Waals surface area contributed by atoms with E-state index >= 15 is 0 Å². The lowest BCUT2D eigenvalue weighted by Gasteiger charge is -2.50. The van der Waals surface area contributed by atoms with Gasteiger partial charge < -0.3 is 15.2 Å².